The van der Waals surface area contributed by atoms with Crippen LogP contribution in [0.2, 0.25) is 0 Å². The number of amides is 1. The number of hydrogen-bond acceptors (Lipinski definition) is 3. The van der Waals surface area contributed by atoms with Crippen molar-refractivity contribution in [2.75, 3.05) is 19.6 Å². The van der Waals surface area contributed by atoms with E-state index in [1.165, 1.54) is 0 Å². The monoisotopic (exact) mass is 286 g/mol. The highest BCUT2D eigenvalue weighted by atomic mass is 19.1. The first kappa shape index (κ1) is 20.4. The lowest BCUT2D eigenvalue weighted by Crippen LogP contribution is -2.37. The van der Waals surface area contributed by atoms with Crippen LogP contribution in [-0.2, 0) is 9.59 Å². The summed E-state index contributed by atoms with van der Waals surface area (Å²) >= 11 is 0. The van der Waals surface area contributed by atoms with Gasteiger partial charge in [0.05, 0.1) is 12.4 Å². The Morgan fingerprint density at radius 2 is 1.85 bits per heavy atom. The molecule has 0 aliphatic heterocycles. The van der Waals surface area contributed by atoms with E-state index >= 15 is 0 Å². The predicted octanol–water partition coefficient (Wildman–Crippen LogP) is 1.79. The van der Waals surface area contributed by atoms with E-state index in [0.717, 1.165) is 5.57 Å². The highest BCUT2D eigenvalue weighted by molar-refractivity contribution is 5.82. The molecule has 0 spiro atoms. The highest BCUT2D eigenvalue weighted by Crippen LogP contribution is 1.93. The molecule has 6 heteroatoms. The molecule has 0 saturated heterocycles. The van der Waals surface area contributed by atoms with Crippen molar-refractivity contribution in [2.24, 2.45) is 0 Å². The summed E-state index contributed by atoms with van der Waals surface area (Å²) in [7, 11) is 0. The van der Waals surface area contributed by atoms with Crippen LogP contribution in [0.4, 0.5) is 4.39 Å². The normalized spacial score (nSPS) is 10.1. The molecule has 1 amide bonds. The fraction of sp³-hybridized carbons (Fsp3) is 0.429. The van der Waals surface area contributed by atoms with E-state index < -0.39 is 5.97 Å². The van der Waals surface area contributed by atoms with Crippen LogP contribution in [0.25, 0.3) is 0 Å². The Morgan fingerprint density at radius 3 is 2.25 bits per heavy atom. The van der Waals surface area contributed by atoms with Crippen LogP contribution >= 0.6 is 0 Å². The molecule has 0 aliphatic carbocycles. The number of carbonyl (C=O) groups excluding carboxylic acids is 1. The van der Waals surface area contributed by atoms with Crippen molar-refractivity contribution in [1.29, 1.82) is 0 Å². The van der Waals surface area contributed by atoms with Crippen LogP contribution in [0.5, 0.6) is 0 Å². The van der Waals surface area contributed by atoms with Gasteiger partial charge in [-0.15, -0.1) is 0 Å². The lowest BCUT2D eigenvalue weighted by atomic mass is 10.3. The number of aliphatic carboxylic acids is 1. The summed E-state index contributed by atoms with van der Waals surface area (Å²) in [5.41, 5.74) is 1.05. The van der Waals surface area contributed by atoms with Gasteiger partial charge in [0, 0.05) is 6.54 Å². The zero-order chi connectivity index (χ0) is 16.0. The van der Waals surface area contributed by atoms with Crippen LogP contribution in [0.3, 0.4) is 0 Å². The standard InChI is InChI=1S/C10H16N2O3.C4H7F/c1-3-4-8(2)5-11-6-9(13)12-7-10(14)15;1-3-4(2)5/h3-4,11H,1,5-7H2,2H3,(H,12,13)(H,14,15);2-3H2,1H3/b8-4+;. The highest BCUT2D eigenvalue weighted by Gasteiger charge is 2.02. The zero-order valence-corrected chi connectivity index (χ0v) is 12.0. The molecule has 0 radical (unpaired) electrons. The minimum absolute atomic E-state index is 0.107. The minimum atomic E-state index is -1.05. The molecule has 0 aromatic carbocycles. The SMILES string of the molecule is C=C(F)CC.C=C/C=C(\C)CNCC(=O)NCC(=O)O. The Labute approximate surface area is 119 Å². The maximum Gasteiger partial charge on any atom is 0.322 e. The number of rotatable bonds is 8. The van der Waals surface area contributed by atoms with E-state index in [1.807, 2.05) is 13.0 Å². The summed E-state index contributed by atoms with van der Waals surface area (Å²) in [6, 6.07) is 0. The van der Waals surface area contributed by atoms with Crippen LogP contribution in [0.15, 0.2) is 36.7 Å². The molecule has 0 atom stereocenters. The van der Waals surface area contributed by atoms with Crippen LogP contribution < -0.4 is 10.6 Å². The molecule has 114 valence electrons. The summed E-state index contributed by atoms with van der Waals surface area (Å²) in [5, 5.41) is 13.4. The molecule has 0 unspecified atom stereocenters. The van der Waals surface area contributed by atoms with Gasteiger partial charge in [0.25, 0.3) is 0 Å². The number of carbonyl (C=O) groups is 2. The number of carboxylic acids is 1. The minimum Gasteiger partial charge on any atom is -0.480 e. The van der Waals surface area contributed by atoms with Crippen molar-refractivity contribution in [3.05, 3.63) is 36.7 Å². The Hall–Kier alpha value is -1.95. The Kier molecular flexibility index (Phi) is 13.7. The van der Waals surface area contributed by atoms with Crippen molar-refractivity contribution < 1.29 is 19.1 Å². The smallest absolute Gasteiger partial charge is 0.322 e. The van der Waals surface area contributed by atoms with Gasteiger partial charge in [0.2, 0.25) is 5.91 Å². The van der Waals surface area contributed by atoms with Gasteiger partial charge in [0.1, 0.15) is 6.54 Å². The van der Waals surface area contributed by atoms with Crippen LogP contribution in [-0.4, -0.2) is 36.6 Å². The topological polar surface area (TPSA) is 78.4 Å². The van der Waals surface area contributed by atoms with Gasteiger partial charge >= 0.3 is 5.97 Å². The van der Waals surface area contributed by atoms with Crippen molar-refractivity contribution in [2.45, 2.75) is 20.3 Å². The molecule has 0 heterocycles. The number of nitrogens with one attached hydrogen (secondary N) is 2. The van der Waals surface area contributed by atoms with Crippen molar-refractivity contribution in [1.82, 2.24) is 10.6 Å². The molecule has 0 fully saturated rings. The predicted molar refractivity (Wildman–Crippen MR) is 78.0 cm³/mol. The molecular formula is C14H23FN2O3. The molecule has 0 bridgehead atoms. The first-order valence-electron chi connectivity index (χ1n) is 6.14. The summed E-state index contributed by atoms with van der Waals surface area (Å²) < 4.78 is 11.2. The van der Waals surface area contributed by atoms with Gasteiger partial charge in [-0.3, -0.25) is 9.59 Å². The van der Waals surface area contributed by atoms with Gasteiger partial charge in [-0.05, 0) is 13.3 Å². The van der Waals surface area contributed by atoms with Gasteiger partial charge in [-0.1, -0.05) is 37.8 Å². The van der Waals surface area contributed by atoms with Crippen molar-refractivity contribution in [3.63, 3.8) is 0 Å². The first-order chi connectivity index (χ1) is 9.33. The summed E-state index contributed by atoms with van der Waals surface area (Å²) in [4.78, 5) is 21.1. The van der Waals surface area contributed by atoms with E-state index in [4.69, 9.17) is 5.11 Å². The maximum atomic E-state index is 11.2. The molecule has 3 N–H and O–H groups in total. The Balaban J connectivity index is 0. The molecule has 0 aromatic heterocycles. The van der Waals surface area contributed by atoms with Crippen LogP contribution in [0.1, 0.15) is 20.3 Å². The molecule has 0 aliphatic rings. The largest absolute Gasteiger partial charge is 0.480 e. The molecule has 0 aromatic rings. The first-order valence-corrected chi connectivity index (χ1v) is 6.14. The number of hydrogen-bond donors (Lipinski definition) is 3. The second-order valence-corrected chi connectivity index (χ2v) is 3.89. The summed E-state index contributed by atoms with van der Waals surface area (Å²) in [5.74, 6) is -1.63. The summed E-state index contributed by atoms with van der Waals surface area (Å²) in [6.07, 6.45) is 3.95. The van der Waals surface area contributed by atoms with Gasteiger partial charge in [0.15, 0.2) is 0 Å². The van der Waals surface area contributed by atoms with E-state index in [0.29, 0.717) is 13.0 Å². The number of carboxylic acid groups (broad SMARTS) is 1. The average molecular weight is 286 g/mol. The Morgan fingerprint density at radius 1 is 1.30 bits per heavy atom. The third-order valence-electron chi connectivity index (χ3n) is 1.91. The molecular weight excluding hydrogens is 263 g/mol. The van der Waals surface area contributed by atoms with Crippen molar-refractivity contribution in [3.8, 4) is 0 Å². The second kappa shape index (κ2) is 13.5. The molecule has 0 rings (SSSR count). The van der Waals surface area contributed by atoms with Gasteiger partial charge in [-0.2, -0.15) is 0 Å². The fourth-order valence-corrected chi connectivity index (χ4v) is 0.870. The molecule has 0 saturated carbocycles. The Bertz CT molecular complexity index is 365. The third-order valence-corrected chi connectivity index (χ3v) is 1.91. The average Bonchev–Trinajstić information content (AvgIpc) is 2.37. The van der Waals surface area contributed by atoms with E-state index in [9.17, 15) is 14.0 Å². The number of allylic oxidation sites excluding steroid dienone is 3. The van der Waals surface area contributed by atoms with Crippen molar-refractivity contribution >= 4 is 11.9 Å². The van der Waals surface area contributed by atoms with E-state index in [1.54, 1.807) is 13.0 Å². The van der Waals surface area contributed by atoms with Gasteiger partial charge in [-0.25, -0.2) is 4.39 Å². The molecule has 20 heavy (non-hydrogen) atoms. The van der Waals surface area contributed by atoms with E-state index in [2.05, 4.69) is 23.8 Å². The van der Waals surface area contributed by atoms with E-state index in [-0.39, 0.29) is 24.8 Å². The second-order valence-electron chi connectivity index (χ2n) is 3.89. The fourth-order valence-electron chi connectivity index (χ4n) is 0.870. The maximum absolute atomic E-state index is 11.2. The number of halogens is 1. The van der Waals surface area contributed by atoms with Gasteiger partial charge < -0.3 is 15.7 Å². The summed E-state index contributed by atoms with van der Waals surface area (Å²) in [6.45, 7) is 10.5. The lowest BCUT2D eigenvalue weighted by molar-refractivity contribution is -0.137. The van der Waals surface area contributed by atoms with Crippen LogP contribution in [0, 0.1) is 0 Å². The third kappa shape index (κ3) is 18.4. The zero-order valence-electron chi connectivity index (χ0n) is 12.0. The molecule has 5 nitrogen and oxygen atoms in total. The lowest BCUT2D eigenvalue weighted by Gasteiger charge is -2.04. The quantitative estimate of drug-likeness (QED) is 0.594.